The Morgan fingerprint density at radius 2 is 1.32 bits per heavy atom. The summed E-state index contributed by atoms with van der Waals surface area (Å²) >= 11 is 0. The van der Waals surface area contributed by atoms with E-state index in [4.69, 9.17) is 5.11 Å². The van der Waals surface area contributed by atoms with Crippen LogP contribution in [0.4, 0.5) is 0 Å². The number of rotatable bonds is 19. The van der Waals surface area contributed by atoms with Gasteiger partial charge in [-0.15, -0.1) is 0 Å². The maximum Gasteiger partial charge on any atom is 0.219 e. The van der Waals surface area contributed by atoms with E-state index in [1.807, 2.05) is 0 Å². The van der Waals surface area contributed by atoms with Crippen LogP contribution in [0.2, 0.25) is 0 Å². The molecule has 0 bridgehead atoms. The van der Waals surface area contributed by atoms with Crippen molar-refractivity contribution >= 4 is 5.91 Å². The fraction of sp³-hybridized carbons (Fsp3) is 0.864. The van der Waals surface area contributed by atoms with Crippen molar-refractivity contribution in [1.29, 1.82) is 0 Å². The summed E-state index contributed by atoms with van der Waals surface area (Å²) in [6.07, 6.45) is 23.7. The van der Waals surface area contributed by atoms with Gasteiger partial charge in [-0.1, -0.05) is 70.4 Å². The number of amides is 1. The van der Waals surface area contributed by atoms with E-state index < -0.39 is 0 Å². The molecule has 148 valence electrons. The first-order chi connectivity index (χ1) is 12.3. The Kier molecular flexibility index (Phi) is 20.5. The van der Waals surface area contributed by atoms with Crippen LogP contribution in [-0.2, 0) is 4.79 Å². The topological polar surface area (TPSA) is 49.3 Å². The van der Waals surface area contributed by atoms with Gasteiger partial charge in [0.1, 0.15) is 0 Å². The van der Waals surface area contributed by atoms with Crippen LogP contribution in [0.1, 0.15) is 110 Å². The molecule has 0 rings (SSSR count). The zero-order valence-electron chi connectivity index (χ0n) is 16.7. The van der Waals surface area contributed by atoms with Gasteiger partial charge in [-0.25, -0.2) is 0 Å². The van der Waals surface area contributed by atoms with Crippen LogP contribution >= 0.6 is 0 Å². The first-order valence-electron chi connectivity index (χ1n) is 10.8. The number of nitrogens with one attached hydrogen (secondary N) is 1. The first kappa shape index (κ1) is 24.2. The van der Waals surface area contributed by atoms with E-state index in [1.54, 1.807) is 0 Å². The summed E-state index contributed by atoms with van der Waals surface area (Å²) in [6, 6.07) is 0. The number of hydrogen-bond donors (Lipinski definition) is 2. The molecule has 1 amide bonds. The highest BCUT2D eigenvalue weighted by Crippen LogP contribution is 2.09. The highest BCUT2D eigenvalue weighted by molar-refractivity contribution is 5.75. The quantitative estimate of drug-likeness (QED) is 0.224. The number of allylic oxidation sites excluding steroid dienone is 2. The fourth-order valence-corrected chi connectivity index (χ4v) is 2.91. The lowest BCUT2D eigenvalue weighted by Crippen LogP contribution is -2.24. The molecule has 0 saturated heterocycles. The van der Waals surface area contributed by atoms with E-state index in [-0.39, 0.29) is 12.5 Å². The number of carbonyl (C=O) groups excluding carboxylic acids is 1. The molecule has 0 unspecified atom stereocenters. The van der Waals surface area contributed by atoms with E-state index in [1.165, 1.54) is 70.6 Å². The van der Waals surface area contributed by atoms with Gasteiger partial charge in [-0.3, -0.25) is 4.79 Å². The number of aliphatic hydroxyl groups excluding tert-OH is 1. The van der Waals surface area contributed by atoms with Gasteiger partial charge in [0.05, 0.1) is 0 Å². The molecule has 0 aromatic heterocycles. The molecule has 0 fully saturated rings. The second kappa shape index (κ2) is 21.2. The molecule has 0 aliphatic heterocycles. The number of hydrogen-bond acceptors (Lipinski definition) is 2. The van der Waals surface area contributed by atoms with Crippen molar-refractivity contribution in [2.75, 3.05) is 13.2 Å². The van der Waals surface area contributed by atoms with Crippen LogP contribution in [0.5, 0.6) is 0 Å². The van der Waals surface area contributed by atoms with Gasteiger partial charge in [0.15, 0.2) is 0 Å². The predicted molar refractivity (Wildman–Crippen MR) is 109 cm³/mol. The number of carbonyl (C=O) groups is 1. The third-order valence-corrected chi connectivity index (χ3v) is 4.57. The minimum absolute atomic E-state index is 0.163. The van der Waals surface area contributed by atoms with Crippen molar-refractivity contribution in [3.63, 3.8) is 0 Å². The second-order valence-electron chi connectivity index (χ2n) is 7.11. The summed E-state index contributed by atoms with van der Waals surface area (Å²) in [7, 11) is 0. The van der Waals surface area contributed by atoms with Gasteiger partial charge in [-0.2, -0.15) is 0 Å². The Bertz CT molecular complexity index is 302. The van der Waals surface area contributed by atoms with Gasteiger partial charge in [0.25, 0.3) is 0 Å². The van der Waals surface area contributed by atoms with E-state index in [0.717, 1.165) is 25.7 Å². The summed E-state index contributed by atoms with van der Waals surface area (Å²) in [4.78, 5) is 11.6. The molecule has 3 nitrogen and oxygen atoms in total. The van der Waals surface area contributed by atoms with Gasteiger partial charge in [0.2, 0.25) is 5.91 Å². The standard InChI is InChI=1S/C22H43NO2/c1-2-3-4-5-6-7-8-9-10-11-12-13-14-15-16-19-22(25)23-20-17-18-21-24/h9-10,24H,2-8,11-21H2,1H3,(H,23,25)/b10-9-. The Hall–Kier alpha value is -0.830. The predicted octanol–water partition coefficient (Wildman–Crippen LogP) is 5.91. The van der Waals surface area contributed by atoms with E-state index in [0.29, 0.717) is 13.0 Å². The molecule has 0 heterocycles. The Morgan fingerprint density at radius 3 is 1.92 bits per heavy atom. The Balaban J connectivity index is 3.17. The molecule has 0 atom stereocenters. The maximum absolute atomic E-state index is 11.6. The van der Waals surface area contributed by atoms with Crippen molar-refractivity contribution in [3.05, 3.63) is 12.2 Å². The molecule has 0 aliphatic rings. The molecule has 0 aromatic rings. The van der Waals surface area contributed by atoms with E-state index >= 15 is 0 Å². The van der Waals surface area contributed by atoms with Crippen LogP contribution in [0.15, 0.2) is 12.2 Å². The number of unbranched alkanes of at least 4 members (excludes halogenated alkanes) is 12. The largest absolute Gasteiger partial charge is 0.396 e. The summed E-state index contributed by atoms with van der Waals surface area (Å²) in [5, 5.41) is 11.6. The van der Waals surface area contributed by atoms with E-state index in [2.05, 4.69) is 24.4 Å². The monoisotopic (exact) mass is 353 g/mol. The van der Waals surface area contributed by atoms with Crippen LogP contribution in [0.25, 0.3) is 0 Å². The number of aliphatic hydroxyl groups is 1. The van der Waals surface area contributed by atoms with Gasteiger partial charge < -0.3 is 10.4 Å². The van der Waals surface area contributed by atoms with Gasteiger partial charge in [0, 0.05) is 19.6 Å². The lowest BCUT2D eigenvalue weighted by molar-refractivity contribution is -0.121. The molecular weight excluding hydrogens is 310 g/mol. The van der Waals surface area contributed by atoms with Crippen molar-refractivity contribution in [3.8, 4) is 0 Å². The molecule has 0 saturated carbocycles. The smallest absolute Gasteiger partial charge is 0.219 e. The van der Waals surface area contributed by atoms with Crippen molar-refractivity contribution in [2.45, 2.75) is 110 Å². The highest BCUT2D eigenvalue weighted by atomic mass is 16.2. The fourth-order valence-electron chi connectivity index (χ4n) is 2.91. The molecular formula is C22H43NO2. The summed E-state index contributed by atoms with van der Waals surface area (Å²) in [6.45, 7) is 3.18. The third-order valence-electron chi connectivity index (χ3n) is 4.57. The molecule has 0 aliphatic carbocycles. The van der Waals surface area contributed by atoms with Crippen LogP contribution in [0, 0.1) is 0 Å². The van der Waals surface area contributed by atoms with Gasteiger partial charge >= 0.3 is 0 Å². The van der Waals surface area contributed by atoms with Crippen molar-refractivity contribution < 1.29 is 9.90 Å². The minimum atomic E-state index is 0.163. The zero-order valence-corrected chi connectivity index (χ0v) is 16.7. The molecule has 0 aromatic carbocycles. The summed E-state index contributed by atoms with van der Waals surface area (Å²) < 4.78 is 0. The Morgan fingerprint density at radius 1 is 0.760 bits per heavy atom. The van der Waals surface area contributed by atoms with E-state index in [9.17, 15) is 4.79 Å². The first-order valence-corrected chi connectivity index (χ1v) is 10.8. The lowest BCUT2D eigenvalue weighted by Gasteiger charge is -2.04. The van der Waals surface area contributed by atoms with Crippen LogP contribution in [0.3, 0.4) is 0 Å². The minimum Gasteiger partial charge on any atom is -0.396 e. The molecule has 25 heavy (non-hydrogen) atoms. The average Bonchev–Trinajstić information content (AvgIpc) is 2.62. The van der Waals surface area contributed by atoms with Gasteiger partial charge in [-0.05, 0) is 44.9 Å². The molecule has 0 spiro atoms. The summed E-state index contributed by atoms with van der Waals surface area (Å²) in [5.41, 5.74) is 0. The second-order valence-corrected chi connectivity index (χ2v) is 7.11. The normalized spacial score (nSPS) is 11.3. The summed E-state index contributed by atoms with van der Waals surface area (Å²) in [5.74, 6) is 0.163. The zero-order chi connectivity index (χ0) is 18.4. The Labute approximate surface area is 156 Å². The van der Waals surface area contributed by atoms with Crippen LogP contribution < -0.4 is 5.32 Å². The van der Waals surface area contributed by atoms with Crippen molar-refractivity contribution in [1.82, 2.24) is 5.32 Å². The molecule has 0 radical (unpaired) electrons. The lowest BCUT2D eigenvalue weighted by atomic mass is 10.1. The molecule has 2 N–H and O–H groups in total. The highest BCUT2D eigenvalue weighted by Gasteiger charge is 2.00. The van der Waals surface area contributed by atoms with Crippen LogP contribution in [-0.4, -0.2) is 24.2 Å². The SMILES string of the molecule is CCCCCCCC/C=C\CCCCCCCC(=O)NCCCCO. The van der Waals surface area contributed by atoms with Crippen molar-refractivity contribution in [2.24, 2.45) is 0 Å². The maximum atomic E-state index is 11.6. The third kappa shape index (κ3) is 21.1. The average molecular weight is 354 g/mol. The molecule has 3 heteroatoms.